The van der Waals surface area contributed by atoms with Crippen molar-refractivity contribution in [2.45, 2.75) is 59.0 Å². The molecule has 0 aromatic rings. The van der Waals surface area contributed by atoms with Crippen molar-refractivity contribution >= 4 is 5.97 Å². The van der Waals surface area contributed by atoms with Crippen LogP contribution in [0.15, 0.2) is 0 Å². The van der Waals surface area contributed by atoms with Crippen molar-refractivity contribution in [3.05, 3.63) is 0 Å². The van der Waals surface area contributed by atoms with E-state index >= 15 is 0 Å². The second-order valence-electron chi connectivity index (χ2n) is 3.70. The fraction of sp³-hybridized carbons (Fsp3) is 0.917. The SMILES string of the molecule is CCCCOOC(=O)C(CC)OCCCC. The average Bonchev–Trinajstić information content (AvgIpc) is 2.30. The van der Waals surface area contributed by atoms with E-state index in [9.17, 15) is 4.79 Å². The minimum Gasteiger partial charge on any atom is -0.366 e. The van der Waals surface area contributed by atoms with E-state index in [1.807, 2.05) is 13.8 Å². The molecule has 0 saturated carbocycles. The predicted octanol–water partition coefficient (Wildman–Crippen LogP) is 2.86. The Morgan fingerprint density at radius 3 is 2.25 bits per heavy atom. The van der Waals surface area contributed by atoms with Gasteiger partial charge in [0, 0.05) is 6.61 Å². The minimum atomic E-state index is -0.492. The summed E-state index contributed by atoms with van der Waals surface area (Å²) >= 11 is 0. The molecular weight excluding hydrogens is 208 g/mol. The molecule has 1 atom stereocenters. The Balaban J connectivity index is 3.65. The molecular formula is C12H24O4. The topological polar surface area (TPSA) is 44.8 Å². The first-order valence-electron chi connectivity index (χ1n) is 6.21. The number of ether oxygens (including phenoxy) is 1. The van der Waals surface area contributed by atoms with E-state index in [2.05, 4.69) is 11.8 Å². The van der Waals surface area contributed by atoms with Crippen molar-refractivity contribution in [1.29, 1.82) is 0 Å². The minimum absolute atomic E-state index is 0.422. The zero-order chi connectivity index (χ0) is 12.2. The lowest BCUT2D eigenvalue weighted by atomic mass is 10.3. The normalized spacial score (nSPS) is 12.4. The fourth-order valence-electron chi connectivity index (χ4n) is 1.08. The van der Waals surface area contributed by atoms with Crippen molar-refractivity contribution in [2.75, 3.05) is 13.2 Å². The van der Waals surface area contributed by atoms with Gasteiger partial charge in [-0.2, -0.15) is 4.89 Å². The maximum absolute atomic E-state index is 11.5. The summed E-state index contributed by atoms with van der Waals surface area (Å²) in [5, 5.41) is 0. The molecule has 0 rings (SSSR count). The lowest BCUT2D eigenvalue weighted by Gasteiger charge is -2.13. The molecule has 0 spiro atoms. The Labute approximate surface area is 98.2 Å². The molecule has 0 aliphatic heterocycles. The predicted molar refractivity (Wildman–Crippen MR) is 61.9 cm³/mol. The standard InChI is InChI=1S/C12H24O4/c1-4-7-9-14-11(6-3)12(13)16-15-10-8-5-2/h11H,4-10H2,1-3H3. The van der Waals surface area contributed by atoms with Gasteiger partial charge in [0.15, 0.2) is 6.10 Å². The summed E-state index contributed by atoms with van der Waals surface area (Å²) in [6.45, 7) is 7.07. The lowest BCUT2D eigenvalue weighted by molar-refractivity contribution is -0.280. The van der Waals surface area contributed by atoms with Crippen LogP contribution in [-0.4, -0.2) is 25.3 Å². The zero-order valence-corrected chi connectivity index (χ0v) is 10.7. The summed E-state index contributed by atoms with van der Waals surface area (Å²) in [5.74, 6) is -0.422. The maximum atomic E-state index is 11.5. The third kappa shape index (κ3) is 7.65. The van der Waals surface area contributed by atoms with Gasteiger partial charge in [0.25, 0.3) is 0 Å². The van der Waals surface area contributed by atoms with Crippen molar-refractivity contribution in [3.8, 4) is 0 Å². The number of carbonyl (C=O) groups is 1. The summed E-state index contributed by atoms with van der Waals surface area (Å²) < 4.78 is 5.40. The Morgan fingerprint density at radius 2 is 1.69 bits per heavy atom. The second-order valence-corrected chi connectivity index (χ2v) is 3.70. The fourth-order valence-corrected chi connectivity index (χ4v) is 1.08. The molecule has 0 N–H and O–H groups in total. The molecule has 0 aromatic heterocycles. The van der Waals surface area contributed by atoms with Crippen LogP contribution in [0.2, 0.25) is 0 Å². The van der Waals surface area contributed by atoms with Crippen molar-refractivity contribution in [1.82, 2.24) is 0 Å². The number of unbranched alkanes of at least 4 members (excludes halogenated alkanes) is 2. The van der Waals surface area contributed by atoms with Crippen LogP contribution in [0, 0.1) is 0 Å². The Kier molecular flexibility index (Phi) is 10.5. The molecule has 0 saturated heterocycles. The highest BCUT2D eigenvalue weighted by Crippen LogP contribution is 2.03. The molecule has 4 heteroatoms. The van der Waals surface area contributed by atoms with Crippen LogP contribution in [-0.2, 0) is 19.3 Å². The first-order valence-corrected chi connectivity index (χ1v) is 6.21. The smallest absolute Gasteiger partial charge is 0.366 e. The van der Waals surface area contributed by atoms with Crippen molar-refractivity contribution < 1.29 is 19.3 Å². The molecule has 0 aliphatic rings. The molecule has 1 unspecified atom stereocenters. The summed E-state index contributed by atoms with van der Waals surface area (Å²) in [4.78, 5) is 20.9. The first kappa shape index (κ1) is 15.4. The number of carbonyl (C=O) groups excluding carboxylic acids is 1. The largest absolute Gasteiger partial charge is 0.370 e. The van der Waals surface area contributed by atoms with Crippen molar-refractivity contribution in [2.24, 2.45) is 0 Å². The van der Waals surface area contributed by atoms with Gasteiger partial charge in [-0.3, -0.25) is 4.89 Å². The van der Waals surface area contributed by atoms with Gasteiger partial charge in [0.2, 0.25) is 0 Å². The maximum Gasteiger partial charge on any atom is 0.370 e. The molecule has 0 bridgehead atoms. The molecule has 0 amide bonds. The summed E-state index contributed by atoms with van der Waals surface area (Å²) in [7, 11) is 0. The van der Waals surface area contributed by atoms with E-state index in [0.717, 1.165) is 25.7 Å². The van der Waals surface area contributed by atoms with Gasteiger partial charge in [-0.25, -0.2) is 4.79 Å². The molecule has 0 aliphatic carbocycles. The van der Waals surface area contributed by atoms with Gasteiger partial charge >= 0.3 is 5.97 Å². The summed E-state index contributed by atoms with van der Waals surface area (Å²) in [6, 6.07) is 0. The third-order valence-electron chi connectivity index (χ3n) is 2.17. The summed E-state index contributed by atoms with van der Waals surface area (Å²) in [5.41, 5.74) is 0. The molecule has 96 valence electrons. The van der Waals surface area contributed by atoms with Crippen LogP contribution in [0.3, 0.4) is 0 Å². The molecule has 0 heterocycles. The molecule has 0 radical (unpaired) electrons. The van der Waals surface area contributed by atoms with Crippen LogP contribution in [0.4, 0.5) is 0 Å². The van der Waals surface area contributed by atoms with E-state index in [1.165, 1.54) is 0 Å². The monoisotopic (exact) mass is 232 g/mol. The molecule has 0 fully saturated rings. The van der Waals surface area contributed by atoms with Gasteiger partial charge in [0.05, 0.1) is 6.61 Å². The van der Waals surface area contributed by atoms with Gasteiger partial charge in [0.1, 0.15) is 0 Å². The van der Waals surface area contributed by atoms with Crippen LogP contribution >= 0.6 is 0 Å². The van der Waals surface area contributed by atoms with E-state index in [4.69, 9.17) is 9.62 Å². The van der Waals surface area contributed by atoms with Crippen molar-refractivity contribution in [3.63, 3.8) is 0 Å². The second kappa shape index (κ2) is 10.9. The van der Waals surface area contributed by atoms with E-state index < -0.39 is 12.1 Å². The van der Waals surface area contributed by atoms with E-state index in [1.54, 1.807) is 0 Å². The first-order chi connectivity index (χ1) is 7.76. The van der Waals surface area contributed by atoms with Crippen LogP contribution in [0.25, 0.3) is 0 Å². The lowest BCUT2D eigenvalue weighted by Crippen LogP contribution is -2.26. The van der Waals surface area contributed by atoms with E-state index in [0.29, 0.717) is 19.6 Å². The molecule has 0 aromatic carbocycles. The van der Waals surface area contributed by atoms with E-state index in [-0.39, 0.29) is 0 Å². The molecule has 4 nitrogen and oxygen atoms in total. The number of hydrogen-bond donors (Lipinski definition) is 0. The van der Waals surface area contributed by atoms with Gasteiger partial charge in [-0.05, 0) is 19.3 Å². The number of rotatable bonds is 10. The highest BCUT2D eigenvalue weighted by molar-refractivity contribution is 5.73. The molecule has 16 heavy (non-hydrogen) atoms. The van der Waals surface area contributed by atoms with Gasteiger partial charge in [-0.15, -0.1) is 0 Å². The zero-order valence-electron chi connectivity index (χ0n) is 10.7. The summed E-state index contributed by atoms with van der Waals surface area (Å²) in [6.07, 6.45) is 4.04. The van der Waals surface area contributed by atoms with Crippen LogP contribution in [0.1, 0.15) is 52.9 Å². The van der Waals surface area contributed by atoms with Crippen LogP contribution in [0.5, 0.6) is 0 Å². The van der Waals surface area contributed by atoms with Gasteiger partial charge < -0.3 is 4.74 Å². The Hall–Kier alpha value is -0.610. The highest BCUT2D eigenvalue weighted by atomic mass is 17.2. The number of hydrogen-bond acceptors (Lipinski definition) is 4. The highest BCUT2D eigenvalue weighted by Gasteiger charge is 2.19. The Morgan fingerprint density at radius 1 is 1.06 bits per heavy atom. The Bertz CT molecular complexity index is 170. The average molecular weight is 232 g/mol. The van der Waals surface area contributed by atoms with Crippen LogP contribution < -0.4 is 0 Å². The van der Waals surface area contributed by atoms with Gasteiger partial charge in [-0.1, -0.05) is 33.6 Å². The third-order valence-corrected chi connectivity index (χ3v) is 2.17. The quantitative estimate of drug-likeness (QED) is 0.330.